The third kappa shape index (κ3) is 5.09. The summed E-state index contributed by atoms with van der Waals surface area (Å²) in [6.45, 7) is 5.58. The maximum absolute atomic E-state index is 14.7. The lowest BCUT2D eigenvalue weighted by atomic mass is 9.94. The van der Waals surface area contributed by atoms with E-state index in [4.69, 9.17) is 14.2 Å². The van der Waals surface area contributed by atoms with E-state index in [1.165, 1.54) is 33.5 Å². The van der Waals surface area contributed by atoms with Gasteiger partial charge in [0.1, 0.15) is 5.75 Å². The largest absolute Gasteiger partial charge is 0.678 e. The van der Waals surface area contributed by atoms with Gasteiger partial charge in [-0.3, -0.25) is 13.6 Å². The van der Waals surface area contributed by atoms with Crippen molar-refractivity contribution in [1.29, 1.82) is 0 Å². The van der Waals surface area contributed by atoms with E-state index in [1.807, 2.05) is 19.9 Å². The quantitative estimate of drug-likeness (QED) is 0.339. The van der Waals surface area contributed by atoms with Crippen LogP contribution in [0.4, 0.5) is 8.63 Å². The summed E-state index contributed by atoms with van der Waals surface area (Å²) in [5, 5.41) is 9.84. The Hall–Kier alpha value is -4.27. The van der Waals surface area contributed by atoms with E-state index in [-0.39, 0.29) is 5.75 Å². The van der Waals surface area contributed by atoms with Crippen molar-refractivity contribution >= 4 is 30.8 Å². The van der Waals surface area contributed by atoms with Gasteiger partial charge in [0.05, 0.1) is 27.0 Å². The van der Waals surface area contributed by atoms with Gasteiger partial charge in [-0.1, -0.05) is 18.2 Å². The van der Waals surface area contributed by atoms with E-state index < -0.39 is 7.40 Å². The summed E-state index contributed by atoms with van der Waals surface area (Å²) in [6, 6.07) is 11.7. The highest BCUT2D eigenvalue weighted by Crippen LogP contribution is 2.40. The van der Waals surface area contributed by atoms with Crippen molar-refractivity contribution in [2.75, 3.05) is 21.3 Å². The fraction of sp³-hybridized carbons (Fsp3) is 0.207. The molecule has 38 heavy (non-hydrogen) atoms. The molecule has 0 fully saturated rings. The van der Waals surface area contributed by atoms with E-state index in [2.05, 4.69) is 4.99 Å². The molecule has 1 aromatic heterocycles. The lowest BCUT2D eigenvalue weighted by Crippen LogP contribution is -2.18. The molecule has 0 saturated heterocycles. The zero-order chi connectivity index (χ0) is 27.6. The number of hydrogen-bond donors (Lipinski definition) is 1. The summed E-state index contributed by atoms with van der Waals surface area (Å²) in [5.41, 5.74) is 5.57. The Bertz CT molecular complexity index is 1460. The fourth-order valence-electron chi connectivity index (χ4n) is 4.66. The average molecular weight is 518 g/mol. The van der Waals surface area contributed by atoms with E-state index in [1.54, 1.807) is 49.4 Å². The van der Waals surface area contributed by atoms with Crippen LogP contribution in [0.15, 0.2) is 64.8 Å². The van der Waals surface area contributed by atoms with Crippen LogP contribution in [0.25, 0.3) is 17.7 Å². The number of aryl methyl sites for hydroxylation is 1. The number of ether oxygens (including phenoxy) is 3. The summed E-state index contributed by atoms with van der Waals surface area (Å²) >= 11 is 0. The van der Waals surface area contributed by atoms with Crippen molar-refractivity contribution < 1.29 is 27.9 Å². The second-order valence-electron chi connectivity index (χ2n) is 8.89. The van der Waals surface area contributed by atoms with Crippen LogP contribution in [0, 0.1) is 6.92 Å². The molecule has 1 N–H and O–H groups in total. The number of hydrogen-bond acceptors (Lipinski definition) is 5. The zero-order valence-electron chi connectivity index (χ0n) is 22.2. The number of phenols is 1. The van der Waals surface area contributed by atoms with Gasteiger partial charge in [0.2, 0.25) is 5.75 Å². The number of benzene rings is 2. The average Bonchev–Trinajstić information content (AvgIpc) is 3.40. The standard InChI is InChI=1S/C29H29BF2N2O4/c1-17-13-19(3)33-27(17)26(21-8-11-23(35)12-9-21)28-18(2)14-22(34(28)30(31)32)10-7-20-15-24(36-4)29(38-6)25(16-20)37-5/h7-16,35H,1-6H3/b10-7-,27-26-. The number of rotatable bonds is 8. The molecule has 2 heterocycles. The van der Waals surface area contributed by atoms with E-state index in [0.29, 0.717) is 56.6 Å². The molecule has 0 unspecified atom stereocenters. The summed E-state index contributed by atoms with van der Waals surface area (Å²) in [5.74, 6) is 1.46. The molecule has 0 bridgehead atoms. The third-order valence-electron chi connectivity index (χ3n) is 6.30. The first-order valence-electron chi connectivity index (χ1n) is 11.9. The molecule has 0 spiro atoms. The Labute approximate surface area is 221 Å². The number of aromatic hydroxyl groups is 1. The molecule has 3 aromatic rings. The van der Waals surface area contributed by atoms with Gasteiger partial charge in [-0.15, -0.1) is 0 Å². The second-order valence-corrected chi connectivity index (χ2v) is 8.89. The number of phenolic OH excluding ortho intramolecular Hbond substituents is 1. The molecule has 0 atom stereocenters. The molecule has 1 aliphatic rings. The van der Waals surface area contributed by atoms with Gasteiger partial charge in [-0.2, -0.15) is 0 Å². The van der Waals surface area contributed by atoms with Gasteiger partial charge < -0.3 is 23.8 Å². The minimum absolute atomic E-state index is 0.0893. The summed E-state index contributed by atoms with van der Waals surface area (Å²) in [6.07, 6.45) is 5.28. The van der Waals surface area contributed by atoms with E-state index >= 15 is 0 Å². The van der Waals surface area contributed by atoms with Crippen LogP contribution in [-0.2, 0) is 0 Å². The molecule has 4 rings (SSSR count). The van der Waals surface area contributed by atoms with E-state index in [9.17, 15) is 13.7 Å². The zero-order valence-corrected chi connectivity index (χ0v) is 22.2. The van der Waals surface area contributed by atoms with Crippen LogP contribution < -0.4 is 14.2 Å². The third-order valence-corrected chi connectivity index (χ3v) is 6.30. The molecule has 9 heteroatoms. The molecular formula is C29H29BF2N2O4. The second kappa shape index (κ2) is 11.0. The highest BCUT2D eigenvalue weighted by Gasteiger charge is 2.29. The Morgan fingerprint density at radius 2 is 1.55 bits per heavy atom. The predicted octanol–water partition coefficient (Wildman–Crippen LogP) is 6.65. The summed E-state index contributed by atoms with van der Waals surface area (Å²) < 4.78 is 46.7. The lowest BCUT2D eigenvalue weighted by molar-refractivity contribution is 0.324. The van der Waals surface area contributed by atoms with Gasteiger partial charge in [0, 0.05) is 22.7 Å². The maximum Gasteiger partial charge on any atom is 0.678 e. The van der Waals surface area contributed by atoms with Crippen molar-refractivity contribution in [1.82, 2.24) is 4.48 Å². The Kier molecular flexibility index (Phi) is 7.76. The van der Waals surface area contributed by atoms with Crippen LogP contribution >= 0.6 is 0 Å². The number of nitrogens with zero attached hydrogens (tertiary/aromatic N) is 2. The Morgan fingerprint density at radius 3 is 2.05 bits per heavy atom. The number of methoxy groups -OCH3 is 3. The molecule has 1 aliphatic heterocycles. The van der Waals surface area contributed by atoms with Crippen molar-refractivity contribution in [3.8, 4) is 23.0 Å². The molecule has 6 nitrogen and oxygen atoms in total. The van der Waals surface area contributed by atoms with E-state index in [0.717, 1.165) is 15.8 Å². The monoisotopic (exact) mass is 518 g/mol. The number of aromatic nitrogens is 1. The summed E-state index contributed by atoms with van der Waals surface area (Å²) in [4.78, 5) is 4.67. The van der Waals surface area contributed by atoms with Gasteiger partial charge in [-0.25, -0.2) is 0 Å². The molecule has 196 valence electrons. The number of allylic oxidation sites excluding steroid dienone is 2. The number of aliphatic imine (C=N–C) groups is 1. The first kappa shape index (κ1) is 26.8. The van der Waals surface area contributed by atoms with Gasteiger partial charge in [0.15, 0.2) is 11.5 Å². The van der Waals surface area contributed by atoms with Crippen molar-refractivity contribution in [3.05, 3.63) is 87.9 Å². The van der Waals surface area contributed by atoms with Crippen LogP contribution in [0.3, 0.4) is 0 Å². The first-order valence-corrected chi connectivity index (χ1v) is 11.9. The molecular weight excluding hydrogens is 489 g/mol. The van der Waals surface area contributed by atoms with Gasteiger partial charge >= 0.3 is 7.40 Å². The highest BCUT2D eigenvalue weighted by molar-refractivity contribution is 6.42. The Morgan fingerprint density at radius 1 is 0.921 bits per heavy atom. The Balaban J connectivity index is 1.91. The number of halogens is 2. The smallest absolute Gasteiger partial charge is 0.508 e. The van der Waals surface area contributed by atoms with Crippen LogP contribution in [0.2, 0.25) is 0 Å². The van der Waals surface area contributed by atoms with Crippen LogP contribution in [0.1, 0.15) is 41.9 Å². The van der Waals surface area contributed by atoms with Gasteiger partial charge in [-0.05, 0) is 85.5 Å². The molecule has 0 aliphatic carbocycles. The molecule has 0 amide bonds. The molecule has 0 saturated carbocycles. The van der Waals surface area contributed by atoms with Crippen molar-refractivity contribution in [2.45, 2.75) is 20.8 Å². The normalized spacial score (nSPS) is 14.4. The molecule has 2 aromatic carbocycles. The highest BCUT2D eigenvalue weighted by atomic mass is 19.2. The molecule has 0 radical (unpaired) electrons. The minimum Gasteiger partial charge on any atom is -0.508 e. The lowest BCUT2D eigenvalue weighted by Gasteiger charge is -2.17. The van der Waals surface area contributed by atoms with Crippen molar-refractivity contribution in [3.63, 3.8) is 0 Å². The van der Waals surface area contributed by atoms with Crippen LogP contribution in [0.5, 0.6) is 23.0 Å². The SMILES string of the molecule is COc1cc(/C=C\c2cc(C)c(/C(=C3\N=C(C)C=C3C)c3ccc(O)cc3)n2B(F)F)cc(OC)c1OC. The van der Waals surface area contributed by atoms with Gasteiger partial charge in [0.25, 0.3) is 0 Å². The van der Waals surface area contributed by atoms with Crippen molar-refractivity contribution in [2.24, 2.45) is 4.99 Å². The topological polar surface area (TPSA) is 65.2 Å². The first-order chi connectivity index (χ1) is 18.2. The fourth-order valence-corrected chi connectivity index (χ4v) is 4.66. The van der Waals surface area contributed by atoms with Crippen LogP contribution in [-0.4, -0.2) is 44.0 Å². The maximum atomic E-state index is 14.7. The predicted molar refractivity (Wildman–Crippen MR) is 149 cm³/mol. The summed E-state index contributed by atoms with van der Waals surface area (Å²) in [7, 11) is 1.74. The minimum atomic E-state index is -2.82.